The summed E-state index contributed by atoms with van der Waals surface area (Å²) >= 11 is 0. The van der Waals surface area contributed by atoms with E-state index < -0.39 is 0 Å². The smallest absolute Gasteiger partial charge is 0.0387 e. The highest BCUT2D eigenvalue weighted by Crippen LogP contribution is 2.11. The Bertz CT molecular complexity index is 266. The van der Waals surface area contributed by atoms with Crippen molar-refractivity contribution in [1.82, 2.24) is 0 Å². The number of hydrogen-bond acceptors (Lipinski definition) is 2. The maximum atomic E-state index is 5.72. The van der Waals surface area contributed by atoms with Gasteiger partial charge in [-0.05, 0) is 24.6 Å². The van der Waals surface area contributed by atoms with Gasteiger partial charge >= 0.3 is 0 Å². The van der Waals surface area contributed by atoms with E-state index in [1.54, 1.807) is 0 Å². The topological polar surface area (TPSA) is 52.0 Å². The molecule has 0 aromatic heterocycles. The zero-order chi connectivity index (χ0) is 8.81. The summed E-state index contributed by atoms with van der Waals surface area (Å²) in [6.45, 7) is 0.684. The lowest BCUT2D eigenvalue weighted by Crippen LogP contribution is -1.95. The Morgan fingerprint density at radius 3 is 2.67 bits per heavy atom. The molecule has 0 bridgehead atoms. The van der Waals surface area contributed by atoms with Crippen LogP contribution in [0.1, 0.15) is 12.0 Å². The monoisotopic (exact) mass is 162 g/mol. The number of nitrogens with two attached hydrogens (primary N) is 2. The molecule has 0 spiro atoms. The maximum absolute atomic E-state index is 5.72. The van der Waals surface area contributed by atoms with Crippen LogP contribution < -0.4 is 11.5 Å². The third kappa shape index (κ3) is 2.40. The van der Waals surface area contributed by atoms with E-state index >= 15 is 0 Å². The second kappa shape index (κ2) is 4.57. The standard InChI is InChI=1S/C10H14N2/c11-8-4-3-6-9-5-1-2-7-10(9)12/h1-3,5-7H,4,8,11-12H2. The molecule has 2 heteroatoms. The first kappa shape index (κ1) is 8.81. The van der Waals surface area contributed by atoms with E-state index in [9.17, 15) is 0 Å². The molecule has 0 fully saturated rings. The molecule has 1 rings (SSSR count). The number of rotatable bonds is 3. The quantitative estimate of drug-likeness (QED) is 0.664. The minimum Gasteiger partial charge on any atom is -0.398 e. The van der Waals surface area contributed by atoms with Gasteiger partial charge in [0.2, 0.25) is 0 Å². The lowest BCUT2D eigenvalue weighted by atomic mass is 10.1. The average Bonchev–Trinajstić information content (AvgIpc) is 2.09. The molecular weight excluding hydrogens is 148 g/mol. The predicted molar refractivity (Wildman–Crippen MR) is 53.6 cm³/mol. The van der Waals surface area contributed by atoms with Crippen molar-refractivity contribution >= 4 is 11.8 Å². The Morgan fingerprint density at radius 1 is 1.25 bits per heavy atom. The number of nitrogen functional groups attached to an aromatic ring is 1. The van der Waals surface area contributed by atoms with Crippen molar-refractivity contribution in [3.05, 3.63) is 35.9 Å². The molecule has 0 atom stereocenters. The fourth-order valence-electron chi connectivity index (χ4n) is 0.969. The third-order valence-corrected chi connectivity index (χ3v) is 1.63. The van der Waals surface area contributed by atoms with Gasteiger partial charge in [-0.25, -0.2) is 0 Å². The molecule has 64 valence electrons. The zero-order valence-electron chi connectivity index (χ0n) is 7.03. The number of para-hydroxylation sites is 1. The molecule has 1 aromatic carbocycles. The van der Waals surface area contributed by atoms with Crippen molar-refractivity contribution < 1.29 is 0 Å². The van der Waals surface area contributed by atoms with Crippen LogP contribution in [0.3, 0.4) is 0 Å². The first-order valence-electron chi connectivity index (χ1n) is 4.05. The first-order chi connectivity index (χ1) is 5.84. The van der Waals surface area contributed by atoms with Gasteiger partial charge in [0.1, 0.15) is 0 Å². The molecule has 0 aliphatic heterocycles. The summed E-state index contributed by atoms with van der Waals surface area (Å²) in [5, 5.41) is 0. The normalized spacial score (nSPS) is 10.8. The van der Waals surface area contributed by atoms with Crippen molar-refractivity contribution in [2.75, 3.05) is 12.3 Å². The summed E-state index contributed by atoms with van der Waals surface area (Å²) in [6, 6.07) is 7.78. The highest BCUT2D eigenvalue weighted by atomic mass is 14.5. The van der Waals surface area contributed by atoms with Crippen LogP contribution in [0, 0.1) is 0 Å². The summed E-state index contributed by atoms with van der Waals surface area (Å²) in [5.41, 5.74) is 12.9. The summed E-state index contributed by atoms with van der Waals surface area (Å²) < 4.78 is 0. The first-order valence-corrected chi connectivity index (χ1v) is 4.05. The highest BCUT2D eigenvalue weighted by molar-refractivity contribution is 5.63. The van der Waals surface area contributed by atoms with Crippen molar-refractivity contribution in [2.45, 2.75) is 6.42 Å². The molecule has 0 unspecified atom stereocenters. The van der Waals surface area contributed by atoms with Gasteiger partial charge in [0.25, 0.3) is 0 Å². The van der Waals surface area contributed by atoms with E-state index in [0.717, 1.165) is 17.7 Å². The predicted octanol–water partition coefficient (Wildman–Crippen LogP) is 1.63. The molecule has 0 saturated carbocycles. The van der Waals surface area contributed by atoms with Crippen LogP contribution >= 0.6 is 0 Å². The molecule has 0 saturated heterocycles. The van der Waals surface area contributed by atoms with Crippen LogP contribution in [0.2, 0.25) is 0 Å². The summed E-state index contributed by atoms with van der Waals surface area (Å²) in [5.74, 6) is 0. The second-order valence-electron chi connectivity index (χ2n) is 2.61. The molecule has 0 aliphatic rings. The summed E-state index contributed by atoms with van der Waals surface area (Å²) in [6.07, 6.45) is 4.93. The van der Waals surface area contributed by atoms with Crippen molar-refractivity contribution in [2.24, 2.45) is 5.73 Å². The van der Waals surface area contributed by atoms with Gasteiger partial charge in [-0.2, -0.15) is 0 Å². The maximum Gasteiger partial charge on any atom is 0.0387 e. The van der Waals surface area contributed by atoms with Gasteiger partial charge in [-0.1, -0.05) is 30.4 Å². The van der Waals surface area contributed by atoms with Crippen LogP contribution in [-0.2, 0) is 0 Å². The Balaban J connectivity index is 2.68. The molecule has 0 heterocycles. The molecule has 4 N–H and O–H groups in total. The molecule has 12 heavy (non-hydrogen) atoms. The van der Waals surface area contributed by atoms with Gasteiger partial charge < -0.3 is 11.5 Å². The van der Waals surface area contributed by atoms with E-state index in [4.69, 9.17) is 11.5 Å². The average molecular weight is 162 g/mol. The largest absolute Gasteiger partial charge is 0.398 e. The van der Waals surface area contributed by atoms with E-state index in [1.165, 1.54) is 0 Å². The molecular formula is C10H14N2. The third-order valence-electron chi connectivity index (χ3n) is 1.63. The molecule has 0 aliphatic carbocycles. The van der Waals surface area contributed by atoms with E-state index in [2.05, 4.69) is 0 Å². The van der Waals surface area contributed by atoms with Crippen molar-refractivity contribution in [1.29, 1.82) is 0 Å². The second-order valence-corrected chi connectivity index (χ2v) is 2.61. The summed E-state index contributed by atoms with van der Waals surface area (Å²) in [4.78, 5) is 0. The molecule has 1 aromatic rings. The molecule has 2 nitrogen and oxygen atoms in total. The Morgan fingerprint density at radius 2 is 2.00 bits per heavy atom. The summed E-state index contributed by atoms with van der Waals surface area (Å²) in [7, 11) is 0. The van der Waals surface area contributed by atoms with Gasteiger partial charge in [-0.15, -0.1) is 0 Å². The highest BCUT2D eigenvalue weighted by Gasteiger charge is 1.89. The molecule has 0 radical (unpaired) electrons. The Labute approximate surface area is 72.9 Å². The number of anilines is 1. The van der Waals surface area contributed by atoms with Crippen LogP contribution in [-0.4, -0.2) is 6.54 Å². The number of benzene rings is 1. The van der Waals surface area contributed by atoms with Gasteiger partial charge in [0.05, 0.1) is 0 Å². The van der Waals surface area contributed by atoms with Crippen LogP contribution in [0.4, 0.5) is 5.69 Å². The van der Waals surface area contributed by atoms with Gasteiger partial charge in [0.15, 0.2) is 0 Å². The lowest BCUT2D eigenvalue weighted by molar-refractivity contribution is 1.01. The fourth-order valence-corrected chi connectivity index (χ4v) is 0.969. The minimum absolute atomic E-state index is 0.684. The van der Waals surface area contributed by atoms with Crippen LogP contribution in [0.5, 0.6) is 0 Å². The van der Waals surface area contributed by atoms with Crippen molar-refractivity contribution in [3.8, 4) is 0 Å². The van der Waals surface area contributed by atoms with Gasteiger partial charge in [0, 0.05) is 5.69 Å². The van der Waals surface area contributed by atoms with Crippen molar-refractivity contribution in [3.63, 3.8) is 0 Å². The Hall–Kier alpha value is -1.28. The van der Waals surface area contributed by atoms with E-state index in [0.29, 0.717) is 6.54 Å². The lowest BCUT2D eigenvalue weighted by Gasteiger charge is -1.97. The SMILES string of the molecule is NCCC=Cc1ccccc1N. The Kier molecular flexibility index (Phi) is 3.35. The van der Waals surface area contributed by atoms with E-state index in [-0.39, 0.29) is 0 Å². The zero-order valence-corrected chi connectivity index (χ0v) is 7.03. The molecule has 0 amide bonds. The van der Waals surface area contributed by atoms with Gasteiger partial charge in [-0.3, -0.25) is 0 Å². The fraction of sp³-hybridized carbons (Fsp3) is 0.200. The number of hydrogen-bond donors (Lipinski definition) is 2. The van der Waals surface area contributed by atoms with E-state index in [1.807, 2.05) is 36.4 Å². The van der Waals surface area contributed by atoms with Crippen LogP contribution in [0.15, 0.2) is 30.3 Å². The van der Waals surface area contributed by atoms with Crippen LogP contribution in [0.25, 0.3) is 6.08 Å². The minimum atomic E-state index is 0.684.